The Morgan fingerprint density at radius 2 is 1.94 bits per heavy atom. The van der Waals surface area contributed by atoms with Crippen LogP contribution in [-0.2, 0) is 4.43 Å². The van der Waals surface area contributed by atoms with Crippen LogP contribution in [0.1, 0.15) is 47.0 Å². The van der Waals surface area contributed by atoms with E-state index < -0.39 is 8.32 Å². The number of hydrogen-bond donors (Lipinski definition) is 1. The average Bonchev–Trinajstić information content (AvgIpc) is 2.56. The van der Waals surface area contributed by atoms with Gasteiger partial charge in [-0.2, -0.15) is 0 Å². The summed E-state index contributed by atoms with van der Waals surface area (Å²) >= 11 is 0. The van der Waals surface area contributed by atoms with Crippen molar-refractivity contribution >= 4 is 8.32 Å². The largest absolute Gasteiger partial charge is 0.413 e. The summed E-state index contributed by atoms with van der Waals surface area (Å²) in [6, 6.07) is 0. The van der Waals surface area contributed by atoms with Crippen molar-refractivity contribution in [1.82, 2.24) is 0 Å². The van der Waals surface area contributed by atoms with Crippen LogP contribution in [0.2, 0.25) is 18.1 Å². The summed E-state index contributed by atoms with van der Waals surface area (Å²) in [5.74, 6) is 0.555. The highest BCUT2D eigenvalue weighted by Crippen LogP contribution is 2.39. The van der Waals surface area contributed by atoms with Crippen molar-refractivity contribution in [2.45, 2.75) is 65.1 Å². The Morgan fingerprint density at radius 1 is 1.33 bits per heavy atom. The molecule has 2 nitrogen and oxygen atoms in total. The number of hydrogen-bond acceptors (Lipinski definition) is 2. The van der Waals surface area contributed by atoms with E-state index in [0.717, 1.165) is 13.0 Å². The van der Waals surface area contributed by atoms with Crippen LogP contribution in [0.15, 0.2) is 11.1 Å². The zero-order valence-electron chi connectivity index (χ0n) is 13.0. The Bertz CT molecular complexity index is 313. The molecule has 0 aliphatic heterocycles. The minimum atomic E-state index is -1.65. The van der Waals surface area contributed by atoms with Crippen LogP contribution in [-0.4, -0.2) is 26.6 Å². The van der Waals surface area contributed by atoms with E-state index in [2.05, 4.69) is 40.8 Å². The highest BCUT2D eigenvalue weighted by molar-refractivity contribution is 6.74. The Balaban J connectivity index is 2.65. The first-order chi connectivity index (χ1) is 8.19. The van der Waals surface area contributed by atoms with E-state index in [9.17, 15) is 0 Å². The van der Waals surface area contributed by atoms with E-state index in [1.54, 1.807) is 0 Å². The zero-order valence-corrected chi connectivity index (χ0v) is 14.0. The van der Waals surface area contributed by atoms with Crippen molar-refractivity contribution < 1.29 is 9.53 Å². The third kappa shape index (κ3) is 3.69. The maximum atomic E-state index is 9.13. The van der Waals surface area contributed by atoms with Crippen molar-refractivity contribution in [3.05, 3.63) is 11.1 Å². The van der Waals surface area contributed by atoms with Crippen molar-refractivity contribution in [2.24, 2.45) is 5.92 Å². The molecule has 0 heterocycles. The van der Waals surface area contributed by atoms with Crippen molar-refractivity contribution in [2.75, 3.05) is 13.2 Å². The van der Waals surface area contributed by atoms with Crippen LogP contribution in [0.25, 0.3) is 0 Å². The SMILES string of the molecule is CC1=C(CO[Si](C)(C)C(C)(C)C)[C@@H](CCO)CC1. The minimum Gasteiger partial charge on any atom is -0.413 e. The monoisotopic (exact) mass is 270 g/mol. The molecule has 0 aromatic heterocycles. The maximum Gasteiger partial charge on any atom is 0.192 e. The summed E-state index contributed by atoms with van der Waals surface area (Å²) in [7, 11) is -1.65. The fourth-order valence-corrected chi connectivity index (χ4v) is 3.21. The normalized spacial score (nSPS) is 21.8. The third-order valence-electron chi connectivity index (χ3n) is 4.78. The van der Waals surface area contributed by atoms with Crippen molar-refractivity contribution in [3.8, 4) is 0 Å². The molecule has 0 bridgehead atoms. The molecule has 0 amide bonds. The summed E-state index contributed by atoms with van der Waals surface area (Å²) in [5, 5.41) is 9.40. The second-order valence-corrected chi connectivity index (χ2v) is 11.9. The van der Waals surface area contributed by atoms with E-state index in [1.165, 1.54) is 24.0 Å². The van der Waals surface area contributed by atoms with Crippen LogP contribution < -0.4 is 0 Å². The molecule has 1 aliphatic rings. The molecule has 1 atom stereocenters. The Kier molecular flexibility index (Phi) is 5.21. The average molecular weight is 270 g/mol. The smallest absolute Gasteiger partial charge is 0.192 e. The van der Waals surface area contributed by atoms with Gasteiger partial charge in [0.2, 0.25) is 0 Å². The molecule has 0 aromatic rings. The van der Waals surface area contributed by atoms with Gasteiger partial charge in [-0.25, -0.2) is 0 Å². The number of allylic oxidation sites excluding steroid dienone is 1. The summed E-state index contributed by atoms with van der Waals surface area (Å²) in [6.07, 6.45) is 3.27. The lowest BCUT2D eigenvalue weighted by atomic mass is 9.98. The van der Waals surface area contributed by atoms with Crippen LogP contribution >= 0.6 is 0 Å². The molecule has 1 rings (SSSR count). The minimum absolute atomic E-state index is 0.270. The van der Waals surface area contributed by atoms with Gasteiger partial charge in [-0.1, -0.05) is 26.3 Å². The molecule has 0 radical (unpaired) electrons. The van der Waals surface area contributed by atoms with Gasteiger partial charge in [0.25, 0.3) is 0 Å². The Hall–Kier alpha value is -0.123. The summed E-state index contributed by atoms with van der Waals surface area (Å²) in [5.41, 5.74) is 2.96. The molecule has 0 unspecified atom stereocenters. The molecule has 1 aliphatic carbocycles. The standard InChI is InChI=1S/C15H30O2Si/c1-12-7-8-13(9-10-16)14(12)11-17-18(5,6)15(2,3)4/h13,16H,7-11H2,1-6H3/t13-/m1/s1. The Labute approximate surface area is 114 Å². The van der Waals surface area contributed by atoms with Crippen LogP contribution in [0.5, 0.6) is 0 Å². The van der Waals surface area contributed by atoms with Gasteiger partial charge >= 0.3 is 0 Å². The predicted octanol–water partition coefficient (Wildman–Crippen LogP) is 4.12. The van der Waals surface area contributed by atoms with E-state index >= 15 is 0 Å². The first-order valence-corrected chi connectivity index (χ1v) is 10.0. The molecular formula is C15H30O2Si. The molecule has 3 heteroatoms. The maximum absolute atomic E-state index is 9.13. The third-order valence-corrected chi connectivity index (χ3v) is 9.26. The second kappa shape index (κ2) is 5.89. The van der Waals surface area contributed by atoms with Gasteiger partial charge in [0.15, 0.2) is 8.32 Å². The van der Waals surface area contributed by atoms with E-state index in [1.807, 2.05) is 0 Å². The molecule has 0 saturated heterocycles. The van der Waals surface area contributed by atoms with Gasteiger partial charge in [-0.15, -0.1) is 0 Å². The molecule has 0 fully saturated rings. The van der Waals surface area contributed by atoms with Gasteiger partial charge in [0.1, 0.15) is 0 Å². The lowest BCUT2D eigenvalue weighted by Crippen LogP contribution is -2.41. The molecule has 0 spiro atoms. The summed E-state index contributed by atoms with van der Waals surface area (Å²) < 4.78 is 6.32. The van der Waals surface area contributed by atoms with Gasteiger partial charge in [0, 0.05) is 6.61 Å². The second-order valence-electron chi connectivity index (χ2n) is 7.10. The van der Waals surface area contributed by atoms with Gasteiger partial charge in [-0.3, -0.25) is 0 Å². The zero-order chi connectivity index (χ0) is 14.0. The molecule has 18 heavy (non-hydrogen) atoms. The molecule has 1 N–H and O–H groups in total. The van der Waals surface area contributed by atoms with Gasteiger partial charge in [-0.05, 0) is 55.8 Å². The predicted molar refractivity (Wildman–Crippen MR) is 80.3 cm³/mol. The number of rotatable bonds is 5. The highest BCUT2D eigenvalue weighted by Gasteiger charge is 2.38. The first-order valence-electron chi connectivity index (χ1n) is 7.12. The quantitative estimate of drug-likeness (QED) is 0.601. The molecule has 0 aromatic carbocycles. The van der Waals surface area contributed by atoms with Gasteiger partial charge in [0.05, 0.1) is 6.61 Å². The lowest BCUT2D eigenvalue weighted by molar-refractivity contribution is 0.254. The van der Waals surface area contributed by atoms with Gasteiger partial charge < -0.3 is 9.53 Å². The van der Waals surface area contributed by atoms with E-state index in [-0.39, 0.29) is 5.04 Å². The topological polar surface area (TPSA) is 29.5 Å². The Morgan fingerprint density at radius 3 is 2.44 bits per heavy atom. The summed E-state index contributed by atoms with van der Waals surface area (Å²) in [4.78, 5) is 0. The fraction of sp³-hybridized carbons (Fsp3) is 0.867. The van der Waals surface area contributed by atoms with Crippen LogP contribution in [0.3, 0.4) is 0 Å². The van der Waals surface area contributed by atoms with E-state index in [4.69, 9.17) is 9.53 Å². The number of aliphatic hydroxyl groups excluding tert-OH is 1. The summed E-state index contributed by atoms with van der Waals surface area (Å²) in [6.45, 7) is 14.7. The van der Waals surface area contributed by atoms with Crippen LogP contribution in [0.4, 0.5) is 0 Å². The van der Waals surface area contributed by atoms with Crippen LogP contribution in [0, 0.1) is 5.92 Å². The highest BCUT2D eigenvalue weighted by atomic mass is 28.4. The molecular weight excluding hydrogens is 240 g/mol. The molecule has 0 saturated carbocycles. The lowest BCUT2D eigenvalue weighted by Gasteiger charge is -2.36. The van der Waals surface area contributed by atoms with E-state index in [0.29, 0.717) is 12.5 Å². The van der Waals surface area contributed by atoms with Crippen molar-refractivity contribution in [3.63, 3.8) is 0 Å². The number of aliphatic hydroxyl groups is 1. The fourth-order valence-electron chi connectivity index (χ4n) is 2.26. The first kappa shape index (κ1) is 15.9. The van der Waals surface area contributed by atoms with Crippen molar-refractivity contribution in [1.29, 1.82) is 0 Å². The molecule has 106 valence electrons.